The predicted octanol–water partition coefficient (Wildman–Crippen LogP) is 3.32. The molecule has 0 radical (unpaired) electrons. The fourth-order valence-corrected chi connectivity index (χ4v) is 5.78. The molecule has 1 atom stereocenters. The molecule has 1 aliphatic heterocycles. The van der Waals surface area contributed by atoms with E-state index < -0.39 is 10.0 Å². The third-order valence-corrected chi connectivity index (χ3v) is 7.43. The maximum Gasteiger partial charge on any atom is 0.252 e. The van der Waals surface area contributed by atoms with Crippen LogP contribution in [0.5, 0.6) is 0 Å². The molecule has 1 saturated heterocycles. The van der Waals surface area contributed by atoms with Crippen LogP contribution in [0.2, 0.25) is 0 Å². The predicted molar refractivity (Wildman–Crippen MR) is 95.5 cm³/mol. The number of nitrogens with zero attached hydrogens (tertiary/aromatic N) is 1. The van der Waals surface area contributed by atoms with Crippen molar-refractivity contribution >= 4 is 33.0 Å². The van der Waals surface area contributed by atoms with Crippen molar-refractivity contribution in [3.8, 4) is 0 Å². The summed E-state index contributed by atoms with van der Waals surface area (Å²) in [6.07, 6.45) is 2.67. The van der Waals surface area contributed by atoms with E-state index >= 15 is 0 Å². The maximum atomic E-state index is 12.8. The Hall–Kier alpha value is -1.70. The van der Waals surface area contributed by atoms with E-state index in [9.17, 15) is 13.2 Å². The SMILES string of the molecule is O=C(CC1CCCCN1S(=O)(=O)c1cccs1)Nc1ccccc1. The molecule has 0 saturated carbocycles. The minimum atomic E-state index is -3.51. The van der Waals surface area contributed by atoms with Gasteiger partial charge in [0.25, 0.3) is 10.0 Å². The number of nitrogens with one attached hydrogen (secondary N) is 1. The first-order valence-corrected chi connectivity index (χ1v) is 10.3. The topological polar surface area (TPSA) is 66.5 Å². The van der Waals surface area contributed by atoms with Gasteiger partial charge in [0.15, 0.2) is 0 Å². The zero-order valence-electron chi connectivity index (χ0n) is 13.2. The average molecular weight is 364 g/mol. The summed E-state index contributed by atoms with van der Waals surface area (Å²) >= 11 is 1.22. The molecule has 3 rings (SSSR count). The third-order valence-electron chi connectivity index (χ3n) is 4.11. The van der Waals surface area contributed by atoms with Crippen LogP contribution in [0.15, 0.2) is 52.1 Å². The second-order valence-corrected chi connectivity index (χ2v) is 8.88. The summed E-state index contributed by atoms with van der Waals surface area (Å²) in [5.74, 6) is -0.153. The summed E-state index contributed by atoms with van der Waals surface area (Å²) in [7, 11) is -3.51. The number of amides is 1. The van der Waals surface area contributed by atoms with Gasteiger partial charge in [0.1, 0.15) is 4.21 Å². The molecule has 2 aromatic rings. The molecule has 1 unspecified atom stereocenters. The van der Waals surface area contributed by atoms with E-state index in [1.165, 1.54) is 15.6 Å². The first-order chi connectivity index (χ1) is 11.6. The van der Waals surface area contributed by atoms with Gasteiger partial charge in [-0.05, 0) is 36.4 Å². The highest BCUT2D eigenvalue weighted by Crippen LogP contribution is 2.29. The van der Waals surface area contributed by atoms with Crippen LogP contribution in [0.25, 0.3) is 0 Å². The van der Waals surface area contributed by atoms with Crippen molar-refractivity contribution in [1.82, 2.24) is 4.31 Å². The lowest BCUT2D eigenvalue weighted by Gasteiger charge is -2.34. The molecule has 7 heteroatoms. The highest BCUT2D eigenvalue weighted by Gasteiger charge is 2.35. The Morgan fingerprint density at radius 2 is 1.96 bits per heavy atom. The highest BCUT2D eigenvalue weighted by atomic mass is 32.2. The van der Waals surface area contributed by atoms with Crippen LogP contribution < -0.4 is 5.32 Å². The smallest absolute Gasteiger partial charge is 0.252 e. The summed E-state index contributed by atoms with van der Waals surface area (Å²) in [5.41, 5.74) is 0.728. The molecule has 0 aliphatic carbocycles. The summed E-state index contributed by atoms with van der Waals surface area (Å²) in [4.78, 5) is 12.3. The molecule has 5 nitrogen and oxygen atoms in total. The van der Waals surface area contributed by atoms with Gasteiger partial charge in [0.05, 0.1) is 0 Å². The molecular formula is C17H20N2O3S2. The van der Waals surface area contributed by atoms with E-state index in [4.69, 9.17) is 0 Å². The Morgan fingerprint density at radius 3 is 2.67 bits per heavy atom. The molecule has 1 fully saturated rings. The minimum absolute atomic E-state index is 0.153. The molecule has 0 bridgehead atoms. The van der Waals surface area contributed by atoms with Gasteiger partial charge in [0, 0.05) is 24.7 Å². The van der Waals surface area contributed by atoms with Crippen LogP contribution in [-0.2, 0) is 14.8 Å². The normalized spacial score (nSPS) is 19.1. The van der Waals surface area contributed by atoms with E-state index in [2.05, 4.69) is 5.32 Å². The second-order valence-electron chi connectivity index (χ2n) is 5.82. The van der Waals surface area contributed by atoms with Crippen LogP contribution in [0, 0.1) is 0 Å². The number of hydrogen-bond acceptors (Lipinski definition) is 4. The van der Waals surface area contributed by atoms with Crippen molar-refractivity contribution in [2.75, 3.05) is 11.9 Å². The van der Waals surface area contributed by atoms with E-state index in [1.807, 2.05) is 30.3 Å². The minimum Gasteiger partial charge on any atom is -0.326 e. The molecular weight excluding hydrogens is 344 g/mol. The molecule has 24 heavy (non-hydrogen) atoms. The van der Waals surface area contributed by atoms with Crippen molar-refractivity contribution in [3.63, 3.8) is 0 Å². The number of hydrogen-bond donors (Lipinski definition) is 1. The van der Waals surface area contributed by atoms with Gasteiger partial charge >= 0.3 is 0 Å². The van der Waals surface area contributed by atoms with Crippen molar-refractivity contribution in [1.29, 1.82) is 0 Å². The zero-order chi connectivity index (χ0) is 17.0. The number of sulfonamides is 1. The average Bonchev–Trinajstić information content (AvgIpc) is 3.11. The fraction of sp³-hybridized carbons (Fsp3) is 0.353. The molecule has 1 aromatic carbocycles. The van der Waals surface area contributed by atoms with Crippen LogP contribution in [-0.4, -0.2) is 31.2 Å². The maximum absolute atomic E-state index is 12.8. The van der Waals surface area contributed by atoms with E-state index in [0.29, 0.717) is 17.2 Å². The summed E-state index contributed by atoms with van der Waals surface area (Å²) in [6, 6.07) is 12.3. The summed E-state index contributed by atoms with van der Waals surface area (Å²) < 4.78 is 27.5. The number of carbonyl (C=O) groups is 1. The molecule has 2 heterocycles. The number of piperidine rings is 1. The molecule has 1 aromatic heterocycles. The van der Waals surface area contributed by atoms with Gasteiger partial charge in [-0.25, -0.2) is 8.42 Å². The number of anilines is 1. The van der Waals surface area contributed by atoms with Crippen molar-refractivity contribution < 1.29 is 13.2 Å². The quantitative estimate of drug-likeness (QED) is 0.885. The number of para-hydroxylation sites is 1. The van der Waals surface area contributed by atoms with Crippen LogP contribution in [0.4, 0.5) is 5.69 Å². The second kappa shape index (κ2) is 7.46. The first-order valence-electron chi connectivity index (χ1n) is 7.97. The molecule has 1 aliphatic rings. The Kier molecular flexibility index (Phi) is 5.33. The number of rotatable bonds is 5. The van der Waals surface area contributed by atoms with Crippen molar-refractivity contribution in [3.05, 3.63) is 47.8 Å². The van der Waals surface area contributed by atoms with Gasteiger partial charge in [-0.3, -0.25) is 4.79 Å². The number of benzene rings is 1. The summed E-state index contributed by atoms with van der Waals surface area (Å²) in [5, 5.41) is 4.60. The van der Waals surface area contributed by atoms with Gasteiger partial charge in [-0.15, -0.1) is 11.3 Å². The van der Waals surface area contributed by atoms with Crippen LogP contribution >= 0.6 is 11.3 Å². The van der Waals surface area contributed by atoms with Crippen molar-refractivity contribution in [2.24, 2.45) is 0 Å². The largest absolute Gasteiger partial charge is 0.326 e. The summed E-state index contributed by atoms with van der Waals surface area (Å²) in [6.45, 7) is 0.476. The first kappa shape index (κ1) is 17.1. The molecule has 1 N–H and O–H groups in total. The Morgan fingerprint density at radius 1 is 1.17 bits per heavy atom. The van der Waals surface area contributed by atoms with Gasteiger partial charge in [-0.2, -0.15) is 4.31 Å². The molecule has 0 spiro atoms. The van der Waals surface area contributed by atoms with Crippen molar-refractivity contribution in [2.45, 2.75) is 35.9 Å². The van der Waals surface area contributed by atoms with E-state index in [1.54, 1.807) is 17.5 Å². The monoisotopic (exact) mass is 364 g/mol. The van der Waals surface area contributed by atoms with Crippen LogP contribution in [0.3, 0.4) is 0 Å². The standard InChI is InChI=1S/C17H20N2O3S2/c20-16(18-14-7-2-1-3-8-14)13-15-9-4-5-11-19(15)24(21,22)17-10-6-12-23-17/h1-3,6-8,10,12,15H,4-5,9,11,13H2,(H,18,20). The molecule has 128 valence electrons. The lowest BCUT2D eigenvalue weighted by Crippen LogP contribution is -2.45. The van der Waals surface area contributed by atoms with Gasteiger partial charge in [-0.1, -0.05) is 30.7 Å². The number of thiophene rings is 1. The van der Waals surface area contributed by atoms with E-state index in [-0.39, 0.29) is 18.4 Å². The lowest BCUT2D eigenvalue weighted by atomic mass is 10.0. The Balaban J connectivity index is 1.72. The van der Waals surface area contributed by atoms with E-state index in [0.717, 1.165) is 18.5 Å². The third kappa shape index (κ3) is 3.85. The lowest BCUT2D eigenvalue weighted by molar-refractivity contribution is -0.117. The molecule has 1 amide bonds. The Labute approximate surface area is 146 Å². The number of carbonyl (C=O) groups excluding carboxylic acids is 1. The van der Waals surface area contributed by atoms with Crippen LogP contribution in [0.1, 0.15) is 25.7 Å². The fourth-order valence-electron chi connectivity index (χ4n) is 2.97. The van der Waals surface area contributed by atoms with Gasteiger partial charge in [0.2, 0.25) is 5.91 Å². The van der Waals surface area contributed by atoms with Gasteiger partial charge < -0.3 is 5.32 Å². The highest BCUT2D eigenvalue weighted by molar-refractivity contribution is 7.91. The zero-order valence-corrected chi connectivity index (χ0v) is 14.9. The Bertz CT molecular complexity index is 773.